The number of carbonyl (C=O) groups is 2. The summed E-state index contributed by atoms with van der Waals surface area (Å²) in [4.78, 5) is 27.7. The van der Waals surface area contributed by atoms with Crippen molar-refractivity contribution in [2.45, 2.75) is 6.92 Å². The van der Waals surface area contributed by atoms with Gasteiger partial charge in [0.2, 0.25) is 0 Å². The van der Waals surface area contributed by atoms with E-state index in [1.807, 2.05) is 36.4 Å². The molecule has 4 aromatic rings. The van der Waals surface area contributed by atoms with Crippen molar-refractivity contribution in [3.8, 4) is 17.1 Å². The molecule has 154 valence electrons. The number of Topliss-reactive ketones (excluding diaryl/α,β-unsaturated/α-hetero) is 1. The molecular formula is C24H19N3O4. The highest BCUT2D eigenvalue weighted by atomic mass is 16.5. The van der Waals surface area contributed by atoms with E-state index in [1.165, 1.54) is 13.1 Å². The van der Waals surface area contributed by atoms with E-state index < -0.39 is 5.91 Å². The van der Waals surface area contributed by atoms with Crippen LogP contribution in [0.15, 0.2) is 82.4 Å². The lowest BCUT2D eigenvalue weighted by molar-refractivity contribution is -0.123. The molecule has 4 rings (SSSR count). The minimum Gasteiger partial charge on any atom is -0.481 e. The number of para-hydroxylation sites is 1. The minimum atomic E-state index is -0.407. The van der Waals surface area contributed by atoms with Crippen LogP contribution in [0.1, 0.15) is 23.0 Å². The molecule has 2 aromatic heterocycles. The molecule has 0 spiro atoms. The summed E-state index contributed by atoms with van der Waals surface area (Å²) in [6.07, 6.45) is 3.08. The fourth-order valence-electron chi connectivity index (χ4n) is 2.98. The van der Waals surface area contributed by atoms with Gasteiger partial charge in [-0.2, -0.15) is 5.10 Å². The quantitative estimate of drug-likeness (QED) is 0.278. The Bertz CT molecular complexity index is 1250. The van der Waals surface area contributed by atoms with Gasteiger partial charge in [-0.1, -0.05) is 42.5 Å². The highest BCUT2D eigenvalue weighted by Gasteiger charge is 2.07. The van der Waals surface area contributed by atoms with Gasteiger partial charge in [0.25, 0.3) is 5.91 Å². The molecular weight excluding hydrogens is 394 g/mol. The number of amides is 1. The number of nitrogens with zero attached hydrogens (tertiary/aromatic N) is 2. The first-order valence-electron chi connectivity index (χ1n) is 9.60. The minimum absolute atomic E-state index is 0.00949. The molecule has 1 amide bonds. The summed E-state index contributed by atoms with van der Waals surface area (Å²) in [6, 6.07) is 20.0. The van der Waals surface area contributed by atoms with Gasteiger partial charge in [0.15, 0.2) is 12.4 Å². The van der Waals surface area contributed by atoms with Crippen molar-refractivity contribution < 1.29 is 18.7 Å². The first kappa shape index (κ1) is 20.0. The smallest absolute Gasteiger partial charge is 0.277 e. The molecule has 0 unspecified atom stereocenters. The number of rotatable bonds is 7. The molecule has 2 heterocycles. The lowest BCUT2D eigenvalue weighted by atomic mass is 10.1. The molecule has 0 aliphatic rings. The summed E-state index contributed by atoms with van der Waals surface area (Å²) in [5.41, 5.74) is 4.58. The standard InChI is InChI=1S/C24H19N3O4/c1-16(28)17-7-9-18(10-8-17)21-12-11-20(31-21)14-26-27-23(29)15-30-22-6-2-4-19-5-3-13-25-24(19)22/h2-14H,15H2,1H3,(H,27,29)/b26-14+. The van der Waals surface area contributed by atoms with Crippen LogP contribution in [-0.4, -0.2) is 29.5 Å². The van der Waals surface area contributed by atoms with Gasteiger partial charge in [-0.3, -0.25) is 14.6 Å². The Morgan fingerprint density at radius 1 is 1.06 bits per heavy atom. The van der Waals surface area contributed by atoms with Gasteiger partial charge in [0, 0.05) is 22.7 Å². The largest absolute Gasteiger partial charge is 0.481 e. The molecule has 0 aliphatic heterocycles. The summed E-state index contributed by atoms with van der Waals surface area (Å²) >= 11 is 0. The number of hydrogen-bond acceptors (Lipinski definition) is 6. The van der Waals surface area contributed by atoms with E-state index >= 15 is 0 Å². The van der Waals surface area contributed by atoms with Crippen LogP contribution in [0.25, 0.3) is 22.2 Å². The molecule has 0 radical (unpaired) electrons. The number of furan rings is 1. The Kier molecular flexibility index (Phi) is 5.84. The zero-order valence-corrected chi connectivity index (χ0v) is 16.7. The van der Waals surface area contributed by atoms with Crippen LogP contribution in [0.4, 0.5) is 0 Å². The van der Waals surface area contributed by atoms with Gasteiger partial charge >= 0.3 is 0 Å². The van der Waals surface area contributed by atoms with E-state index in [-0.39, 0.29) is 12.4 Å². The summed E-state index contributed by atoms with van der Waals surface area (Å²) in [6.45, 7) is 1.33. The van der Waals surface area contributed by atoms with E-state index in [0.29, 0.717) is 28.4 Å². The van der Waals surface area contributed by atoms with E-state index in [0.717, 1.165) is 10.9 Å². The molecule has 0 bridgehead atoms. The van der Waals surface area contributed by atoms with Crippen LogP contribution in [0.3, 0.4) is 0 Å². The predicted octanol–water partition coefficient (Wildman–Crippen LogP) is 4.23. The molecule has 0 fully saturated rings. The number of hydrogen-bond donors (Lipinski definition) is 1. The monoisotopic (exact) mass is 413 g/mol. The average Bonchev–Trinajstić information content (AvgIpc) is 3.26. The lowest BCUT2D eigenvalue weighted by Gasteiger charge is -2.07. The topological polar surface area (TPSA) is 93.8 Å². The fourth-order valence-corrected chi connectivity index (χ4v) is 2.98. The van der Waals surface area contributed by atoms with E-state index in [1.54, 1.807) is 36.5 Å². The number of pyridine rings is 1. The van der Waals surface area contributed by atoms with Crippen molar-refractivity contribution in [1.29, 1.82) is 0 Å². The van der Waals surface area contributed by atoms with Crippen molar-refractivity contribution in [1.82, 2.24) is 10.4 Å². The van der Waals surface area contributed by atoms with Crippen LogP contribution in [-0.2, 0) is 4.79 Å². The number of ketones is 1. The number of carbonyl (C=O) groups excluding carboxylic acids is 2. The Hall–Kier alpha value is -4.26. The van der Waals surface area contributed by atoms with Crippen LogP contribution in [0, 0.1) is 0 Å². The normalized spacial score (nSPS) is 11.0. The third-order valence-electron chi connectivity index (χ3n) is 4.54. The predicted molar refractivity (Wildman–Crippen MR) is 117 cm³/mol. The van der Waals surface area contributed by atoms with Crippen molar-refractivity contribution in [3.05, 3.63) is 84.3 Å². The van der Waals surface area contributed by atoms with Gasteiger partial charge in [-0.15, -0.1) is 0 Å². The maximum absolute atomic E-state index is 12.0. The first-order chi connectivity index (χ1) is 15.1. The zero-order chi connectivity index (χ0) is 21.6. The zero-order valence-electron chi connectivity index (χ0n) is 16.7. The SMILES string of the molecule is CC(=O)c1ccc(-c2ccc(/C=N/NC(=O)COc3cccc4cccnc34)o2)cc1. The van der Waals surface area contributed by atoms with E-state index in [4.69, 9.17) is 9.15 Å². The number of nitrogens with one attached hydrogen (secondary N) is 1. The summed E-state index contributed by atoms with van der Waals surface area (Å²) in [5, 5.41) is 4.84. The maximum Gasteiger partial charge on any atom is 0.277 e. The Morgan fingerprint density at radius 2 is 1.87 bits per heavy atom. The van der Waals surface area contributed by atoms with Gasteiger partial charge in [-0.25, -0.2) is 5.43 Å². The molecule has 7 nitrogen and oxygen atoms in total. The molecule has 2 aromatic carbocycles. The lowest BCUT2D eigenvalue weighted by Crippen LogP contribution is -2.24. The number of fused-ring (bicyclic) bond motifs is 1. The summed E-state index contributed by atoms with van der Waals surface area (Å²) in [7, 11) is 0. The molecule has 0 saturated heterocycles. The van der Waals surface area contributed by atoms with Crippen LogP contribution in [0.2, 0.25) is 0 Å². The number of benzene rings is 2. The Labute approximate surface area is 178 Å². The number of aromatic nitrogens is 1. The van der Waals surface area contributed by atoms with Crippen molar-refractivity contribution >= 4 is 28.8 Å². The summed E-state index contributed by atoms with van der Waals surface area (Å²) in [5.74, 6) is 1.24. The Morgan fingerprint density at radius 3 is 2.68 bits per heavy atom. The van der Waals surface area contributed by atoms with Crippen molar-refractivity contribution in [2.75, 3.05) is 6.61 Å². The van der Waals surface area contributed by atoms with Gasteiger partial charge in [-0.05, 0) is 31.2 Å². The highest BCUT2D eigenvalue weighted by Crippen LogP contribution is 2.23. The molecule has 0 atom stereocenters. The molecule has 1 N–H and O–H groups in total. The molecule has 0 saturated carbocycles. The van der Waals surface area contributed by atoms with E-state index in [9.17, 15) is 9.59 Å². The number of hydrazone groups is 1. The Balaban J connectivity index is 1.32. The van der Waals surface area contributed by atoms with Crippen LogP contribution >= 0.6 is 0 Å². The average molecular weight is 413 g/mol. The van der Waals surface area contributed by atoms with Gasteiger partial charge in [0.05, 0.1) is 6.21 Å². The van der Waals surface area contributed by atoms with Crippen molar-refractivity contribution in [3.63, 3.8) is 0 Å². The van der Waals surface area contributed by atoms with Gasteiger partial charge < -0.3 is 9.15 Å². The van der Waals surface area contributed by atoms with Crippen LogP contribution in [0.5, 0.6) is 5.75 Å². The van der Waals surface area contributed by atoms with Gasteiger partial charge in [0.1, 0.15) is 22.8 Å². The first-order valence-corrected chi connectivity index (χ1v) is 9.60. The maximum atomic E-state index is 12.0. The molecule has 7 heteroatoms. The van der Waals surface area contributed by atoms with Crippen molar-refractivity contribution in [2.24, 2.45) is 5.10 Å². The highest BCUT2D eigenvalue weighted by molar-refractivity contribution is 5.94. The third-order valence-corrected chi connectivity index (χ3v) is 4.54. The second kappa shape index (κ2) is 9.04. The second-order valence-corrected chi connectivity index (χ2v) is 6.75. The van der Waals surface area contributed by atoms with E-state index in [2.05, 4.69) is 15.5 Å². The summed E-state index contributed by atoms with van der Waals surface area (Å²) < 4.78 is 11.3. The second-order valence-electron chi connectivity index (χ2n) is 6.75. The fraction of sp³-hybridized carbons (Fsp3) is 0.0833. The molecule has 31 heavy (non-hydrogen) atoms. The van der Waals surface area contributed by atoms with Crippen LogP contribution < -0.4 is 10.2 Å². The number of ether oxygens (including phenoxy) is 1. The third kappa shape index (κ3) is 4.84. The molecule has 0 aliphatic carbocycles.